The summed E-state index contributed by atoms with van der Waals surface area (Å²) < 4.78 is 39.6. The van der Waals surface area contributed by atoms with Crippen molar-refractivity contribution in [2.75, 3.05) is 24.3 Å². The number of hydrogen-bond donors (Lipinski definition) is 3. The Morgan fingerprint density at radius 3 is 2.53 bits per heavy atom. The lowest BCUT2D eigenvalue weighted by Gasteiger charge is -2.11. The van der Waals surface area contributed by atoms with Crippen molar-refractivity contribution in [3.63, 3.8) is 0 Å². The van der Waals surface area contributed by atoms with E-state index in [0.717, 1.165) is 23.0 Å². The molecule has 0 atom stereocenters. The summed E-state index contributed by atoms with van der Waals surface area (Å²) in [6.07, 6.45) is 1.53. The van der Waals surface area contributed by atoms with Gasteiger partial charge in [-0.2, -0.15) is 0 Å². The number of fused-ring (bicyclic) bond motifs is 1. The molecular formula is C26H22F2N4O5S. The molecule has 0 spiro atoms. The molecule has 0 aliphatic carbocycles. The number of esters is 1. The summed E-state index contributed by atoms with van der Waals surface area (Å²) in [5.41, 5.74) is 1.09. The second-order valence-corrected chi connectivity index (χ2v) is 9.07. The fraction of sp³-hybridized carbons (Fsp3) is 0.154. The van der Waals surface area contributed by atoms with Crippen molar-refractivity contribution in [1.29, 1.82) is 0 Å². The molecule has 2 aromatic carbocycles. The van der Waals surface area contributed by atoms with Crippen LogP contribution < -0.4 is 20.7 Å². The Kier molecular flexibility index (Phi) is 8.12. The number of ether oxygens (including phenoxy) is 2. The molecule has 2 heterocycles. The Balaban J connectivity index is 1.44. The average Bonchev–Trinajstić information content (AvgIpc) is 3.33. The van der Waals surface area contributed by atoms with E-state index in [9.17, 15) is 23.2 Å². The monoisotopic (exact) mass is 540 g/mol. The highest BCUT2D eigenvalue weighted by molar-refractivity contribution is 7.21. The van der Waals surface area contributed by atoms with Crippen molar-refractivity contribution >= 4 is 50.8 Å². The third kappa shape index (κ3) is 6.40. The number of thiophene rings is 1. The Labute approximate surface area is 219 Å². The molecule has 3 N–H and O–H groups in total. The van der Waals surface area contributed by atoms with Crippen molar-refractivity contribution in [2.45, 2.75) is 13.3 Å². The first-order valence-electron chi connectivity index (χ1n) is 11.3. The maximum Gasteiger partial charge on any atom is 0.323 e. The number of hydrogen-bond acceptors (Lipinski definition) is 7. The van der Waals surface area contributed by atoms with Gasteiger partial charge in [0.05, 0.1) is 40.0 Å². The predicted molar refractivity (Wildman–Crippen MR) is 139 cm³/mol. The number of carbonyl (C=O) groups excluding carboxylic acids is 3. The van der Waals surface area contributed by atoms with Crippen LogP contribution in [0.2, 0.25) is 0 Å². The number of rotatable bonds is 8. The van der Waals surface area contributed by atoms with Gasteiger partial charge in [-0.15, -0.1) is 11.3 Å². The number of benzene rings is 2. The predicted octanol–water partition coefficient (Wildman–Crippen LogP) is 5.61. The summed E-state index contributed by atoms with van der Waals surface area (Å²) in [7, 11) is 1.27. The van der Waals surface area contributed by atoms with Gasteiger partial charge in [0.25, 0.3) is 5.91 Å². The zero-order chi connectivity index (χ0) is 27.2. The first kappa shape index (κ1) is 26.5. The minimum Gasteiger partial charge on any atom is -0.469 e. The Morgan fingerprint density at radius 2 is 1.76 bits per heavy atom. The smallest absolute Gasteiger partial charge is 0.323 e. The van der Waals surface area contributed by atoms with Gasteiger partial charge in [-0.25, -0.2) is 13.6 Å². The summed E-state index contributed by atoms with van der Waals surface area (Å²) in [5.74, 6) is -1.72. The van der Waals surface area contributed by atoms with E-state index in [0.29, 0.717) is 20.8 Å². The maximum atomic E-state index is 14.7. The van der Waals surface area contributed by atoms with Gasteiger partial charge in [-0.05, 0) is 42.8 Å². The molecule has 0 saturated carbocycles. The Bertz CT molecular complexity index is 1530. The highest BCUT2D eigenvalue weighted by Crippen LogP contribution is 2.35. The molecular weight excluding hydrogens is 518 g/mol. The largest absolute Gasteiger partial charge is 0.469 e. The van der Waals surface area contributed by atoms with Gasteiger partial charge in [-0.1, -0.05) is 6.07 Å². The van der Waals surface area contributed by atoms with Gasteiger partial charge in [0.1, 0.15) is 23.1 Å². The van der Waals surface area contributed by atoms with E-state index in [2.05, 4.69) is 25.7 Å². The standard InChI is InChI=1S/C26H22F2N4O5S/c1-14-3-5-16(27)19(11-14)32-26(35)31-18-6-4-15(12-17(18)28)37-21-7-9-29-20-13-22(38-24(20)21)25(34)30-10-8-23(33)36-2/h3-7,9,11-13H,8,10H2,1-2H3,(H,30,34)(H2,31,32,35). The third-order valence-corrected chi connectivity index (χ3v) is 6.37. The van der Waals surface area contributed by atoms with E-state index in [1.165, 1.54) is 37.6 Å². The summed E-state index contributed by atoms with van der Waals surface area (Å²) in [5, 5.41) is 7.33. The van der Waals surface area contributed by atoms with Gasteiger partial charge in [0, 0.05) is 24.9 Å². The first-order valence-corrected chi connectivity index (χ1v) is 12.1. The van der Waals surface area contributed by atoms with Crippen molar-refractivity contribution in [2.24, 2.45) is 0 Å². The molecule has 9 nitrogen and oxygen atoms in total. The lowest BCUT2D eigenvalue weighted by Crippen LogP contribution is -2.25. The van der Waals surface area contributed by atoms with Crippen molar-refractivity contribution < 1.29 is 32.6 Å². The number of amides is 3. The van der Waals surface area contributed by atoms with E-state index in [4.69, 9.17) is 4.74 Å². The minimum atomic E-state index is -0.811. The van der Waals surface area contributed by atoms with Crippen molar-refractivity contribution in [3.8, 4) is 11.5 Å². The van der Waals surface area contributed by atoms with E-state index in [-0.39, 0.29) is 36.0 Å². The molecule has 0 radical (unpaired) electrons. The zero-order valence-corrected chi connectivity index (χ0v) is 21.1. The van der Waals surface area contributed by atoms with Crippen LogP contribution in [0.4, 0.5) is 25.0 Å². The van der Waals surface area contributed by atoms with E-state index >= 15 is 0 Å². The highest BCUT2D eigenvalue weighted by atomic mass is 32.1. The summed E-state index contributed by atoms with van der Waals surface area (Å²) in [4.78, 5) is 40.5. The molecule has 0 bridgehead atoms. The lowest BCUT2D eigenvalue weighted by atomic mass is 10.2. The van der Waals surface area contributed by atoms with Gasteiger partial charge in [0.15, 0.2) is 0 Å². The SMILES string of the molecule is COC(=O)CCNC(=O)c1cc2nccc(Oc3ccc(NC(=O)Nc4cc(C)ccc4F)c(F)c3)c2s1. The third-order valence-electron chi connectivity index (χ3n) is 5.23. The van der Waals surface area contributed by atoms with Crippen LogP contribution in [0.15, 0.2) is 54.7 Å². The van der Waals surface area contributed by atoms with E-state index in [1.54, 1.807) is 25.1 Å². The molecule has 0 saturated heterocycles. The van der Waals surface area contributed by atoms with Crippen molar-refractivity contribution in [3.05, 3.63) is 76.8 Å². The number of carbonyl (C=O) groups is 3. The van der Waals surface area contributed by atoms with Crippen LogP contribution in [0.25, 0.3) is 10.2 Å². The molecule has 0 aliphatic heterocycles. The van der Waals surface area contributed by atoms with Gasteiger partial charge < -0.3 is 25.4 Å². The number of aromatic nitrogens is 1. The topological polar surface area (TPSA) is 119 Å². The van der Waals surface area contributed by atoms with Crippen LogP contribution in [-0.2, 0) is 9.53 Å². The second-order valence-electron chi connectivity index (χ2n) is 8.02. The molecule has 3 amide bonds. The number of halogens is 2. The number of urea groups is 1. The Hall–Kier alpha value is -4.58. The van der Waals surface area contributed by atoms with Gasteiger partial charge >= 0.3 is 12.0 Å². The molecule has 2 aromatic heterocycles. The fourth-order valence-corrected chi connectivity index (χ4v) is 4.35. The second kappa shape index (κ2) is 11.6. The number of pyridine rings is 1. The van der Waals surface area contributed by atoms with E-state index in [1.807, 2.05) is 0 Å². The molecule has 0 aliphatic rings. The maximum absolute atomic E-state index is 14.7. The van der Waals surface area contributed by atoms with Crippen LogP contribution in [0.5, 0.6) is 11.5 Å². The number of aryl methyl sites for hydroxylation is 1. The number of anilines is 2. The quantitative estimate of drug-likeness (QED) is 0.250. The van der Waals surface area contributed by atoms with Crippen LogP contribution in [0, 0.1) is 18.6 Å². The highest BCUT2D eigenvalue weighted by Gasteiger charge is 2.16. The molecule has 0 unspecified atom stereocenters. The molecule has 4 rings (SSSR count). The Morgan fingerprint density at radius 1 is 0.974 bits per heavy atom. The molecule has 38 heavy (non-hydrogen) atoms. The average molecular weight is 541 g/mol. The van der Waals surface area contributed by atoms with Crippen LogP contribution >= 0.6 is 11.3 Å². The number of nitrogens with zero attached hydrogens (tertiary/aromatic N) is 1. The normalized spacial score (nSPS) is 10.6. The van der Waals surface area contributed by atoms with Crippen molar-refractivity contribution in [1.82, 2.24) is 10.3 Å². The van der Waals surface area contributed by atoms with Crippen LogP contribution in [-0.4, -0.2) is 36.5 Å². The number of methoxy groups -OCH3 is 1. The zero-order valence-electron chi connectivity index (χ0n) is 20.3. The number of nitrogens with one attached hydrogen (secondary N) is 3. The molecule has 4 aromatic rings. The fourth-order valence-electron chi connectivity index (χ4n) is 3.37. The lowest BCUT2D eigenvalue weighted by molar-refractivity contribution is -0.140. The summed E-state index contributed by atoms with van der Waals surface area (Å²) in [6, 6.07) is 10.4. The minimum absolute atomic E-state index is 0.0305. The van der Waals surface area contributed by atoms with E-state index < -0.39 is 23.6 Å². The summed E-state index contributed by atoms with van der Waals surface area (Å²) >= 11 is 1.13. The van der Waals surface area contributed by atoms with Crippen LogP contribution in [0.3, 0.4) is 0 Å². The molecule has 196 valence electrons. The van der Waals surface area contributed by atoms with Crippen LogP contribution in [0.1, 0.15) is 21.7 Å². The molecule has 0 fully saturated rings. The van der Waals surface area contributed by atoms with Gasteiger partial charge in [0.2, 0.25) is 0 Å². The van der Waals surface area contributed by atoms with Gasteiger partial charge in [-0.3, -0.25) is 14.6 Å². The summed E-state index contributed by atoms with van der Waals surface area (Å²) in [6.45, 7) is 1.87. The first-order chi connectivity index (χ1) is 18.2. The molecule has 12 heteroatoms.